The molecule has 0 aliphatic carbocycles. The van der Waals surface area contributed by atoms with Crippen molar-refractivity contribution in [1.82, 2.24) is 4.90 Å². The molecule has 2 heterocycles. The van der Waals surface area contributed by atoms with Gasteiger partial charge in [0.25, 0.3) is 0 Å². The van der Waals surface area contributed by atoms with Gasteiger partial charge in [-0.3, -0.25) is 4.79 Å². The Labute approximate surface area is 105 Å². The van der Waals surface area contributed by atoms with Gasteiger partial charge in [0.15, 0.2) is 0 Å². The Morgan fingerprint density at radius 3 is 2.88 bits per heavy atom. The molecule has 0 aromatic carbocycles. The van der Waals surface area contributed by atoms with Crippen LogP contribution in [0.25, 0.3) is 0 Å². The lowest BCUT2D eigenvalue weighted by molar-refractivity contribution is -0.139. The van der Waals surface area contributed by atoms with Gasteiger partial charge in [-0.15, -0.1) is 11.3 Å². The molecule has 94 valence electrons. The van der Waals surface area contributed by atoms with Crippen LogP contribution in [-0.4, -0.2) is 36.6 Å². The first-order valence-corrected chi connectivity index (χ1v) is 6.64. The Kier molecular flexibility index (Phi) is 3.81. The molecule has 17 heavy (non-hydrogen) atoms. The molecular weight excluding hydrogens is 236 g/mol. The number of hydrogen-bond donors (Lipinski definition) is 1. The monoisotopic (exact) mass is 254 g/mol. The topological polar surface area (TPSA) is 55.6 Å². The zero-order valence-corrected chi connectivity index (χ0v) is 10.8. The Bertz CT molecular complexity index is 372. The zero-order valence-electron chi connectivity index (χ0n) is 10.0. The van der Waals surface area contributed by atoms with Crippen molar-refractivity contribution in [3.05, 3.63) is 22.4 Å². The van der Waals surface area contributed by atoms with Crippen molar-refractivity contribution in [3.63, 3.8) is 0 Å². The molecule has 4 nitrogen and oxygen atoms in total. The summed E-state index contributed by atoms with van der Waals surface area (Å²) in [6.07, 6.45) is 1.22. The van der Waals surface area contributed by atoms with E-state index in [1.165, 1.54) is 4.88 Å². The fourth-order valence-corrected chi connectivity index (χ4v) is 2.79. The molecule has 1 amide bonds. The van der Waals surface area contributed by atoms with Gasteiger partial charge in [-0.25, -0.2) is 0 Å². The molecule has 0 unspecified atom stereocenters. The second kappa shape index (κ2) is 5.16. The minimum atomic E-state index is -0.732. The number of thiophene rings is 1. The van der Waals surface area contributed by atoms with Gasteiger partial charge in [0.2, 0.25) is 5.91 Å². The minimum Gasteiger partial charge on any atom is -0.381 e. The lowest BCUT2D eigenvalue weighted by atomic mass is 9.90. The number of hydrogen-bond acceptors (Lipinski definition) is 4. The average molecular weight is 254 g/mol. The van der Waals surface area contributed by atoms with E-state index in [-0.39, 0.29) is 5.91 Å². The third-order valence-electron chi connectivity index (χ3n) is 3.13. The summed E-state index contributed by atoms with van der Waals surface area (Å²) in [5, 5.41) is 2.01. The highest BCUT2D eigenvalue weighted by Crippen LogP contribution is 2.21. The van der Waals surface area contributed by atoms with Crippen LogP contribution in [0, 0.1) is 0 Å². The molecule has 1 saturated heterocycles. The van der Waals surface area contributed by atoms with Crippen LogP contribution < -0.4 is 5.73 Å². The third-order valence-corrected chi connectivity index (χ3v) is 3.99. The highest BCUT2D eigenvalue weighted by atomic mass is 32.1. The predicted octanol–water partition coefficient (Wildman–Crippen LogP) is 1.21. The number of carbonyl (C=O) groups is 1. The smallest absolute Gasteiger partial charge is 0.242 e. The lowest BCUT2D eigenvalue weighted by Gasteiger charge is -2.35. The van der Waals surface area contributed by atoms with E-state index in [1.54, 1.807) is 16.2 Å². The van der Waals surface area contributed by atoms with Gasteiger partial charge in [-0.05, 0) is 24.3 Å². The highest BCUT2D eigenvalue weighted by molar-refractivity contribution is 7.09. The van der Waals surface area contributed by atoms with E-state index in [0.29, 0.717) is 32.6 Å². The SMILES string of the molecule is CN(Cc1cccs1)C(=O)C1(N)CCOCC1. The first kappa shape index (κ1) is 12.5. The van der Waals surface area contributed by atoms with Crippen LogP contribution in [0.1, 0.15) is 17.7 Å². The number of ether oxygens (including phenoxy) is 1. The second-order valence-electron chi connectivity index (χ2n) is 4.51. The normalized spacial score (nSPS) is 18.9. The summed E-state index contributed by atoms with van der Waals surface area (Å²) < 4.78 is 5.25. The lowest BCUT2D eigenvalue weighted by Crippen LogP contribution is -2.57. The van der Waals surface area contributed by atoms with Gasteiger partial charge in [0.05, 0.1) is 12.1 Å². The van der Waals surface area contributed by atoms with Crippen LogP contribution in [0.4, 0.5) is 0 Å². The number of rotatable bonds is 3. The molecule has 1 aromatic rings. The Balaban J connectivity index is 1.98. The number of nitrogens with two attached hydrogens (primary N) is 1. The molecule has 2 rings (SSSR count). The van der Waals surface area contributed by atoms with Crippen molar-refractivity contribution in [2.45, 2.75) is 24.9 Å². The Hall–Kier alpha value is -0.910. The first-order chi connectivity index (χ1) is 8.12. The zero-order chi connectivity index (χ0) is 12.3. The number of nitrogens with zero attached hydrogens (tertiary/aromatic N) is 1. The van der Waals surface area contributed by atoms with Crippen molar-refractivity contribution < 1.29 is 9.53 Å². The van der Waals surface area contributed by atoms with Crippen LogP contribution in [0.3, 0.4) is 0 Å². The van der Waals surface area contributed by atoms with Gasteiger partial charge < -0.3 is 15.4 Å². The van der Waals surface area contributed by atoms with E-state index in [9.17, 15) is 4.79 Å². The van der Waals surface area contributed by atoms with E-state index < -0.39 is 5.54 Å². The Morgan fingerprint density at radius 1 is 1.59 bits per heavy atom. The van der Waals surface area contributed by atoms with E-state index in [4.69, 9.17) is 10.5 Å². The van der Waals surface area contributed by atoms with E-state index >= 15 is 0 Å². The summed E-state index contributed by atoms with van der Waals surface area (Å²) in [7, 11) is 1.81. The number of likely N-dealkylation sites (N-methyl/N-ethyl adjacent to an activating group) is 1. The molecule has 0 saturated carbocycles. The predicted molar refractivity (Wildman–Crippen MR) is 67.8 cm³/mol. The molecule has 0 spiro atoms. The summed E-state index contributed by atoms with van der Waals surface area (Å²) in [4.78, 5) is 15.2. The standard InChI is InChI=1S/C12H18N2O2S/c1-14(9-10-3-2-8-17-10)11(15)12(13)4-6-16-7-5-12/h2-3,8H,4-7,9,13H2,1H3. The van der Waals surface area contributed by atoms with Crippen LogP contribution in [0.5, 0.6) is 0 Å². The van der Waals surface area contributed by atoms with Crippen molar-refractivity contribution in [2.75, 3.05) is 20.3 Å². The number of amides is 1. The van der Waals surface area contributed by atoms with Crippen LogP contribution in [-0.2, 0) is 16.1 Å². The molecule has 0 atom stereocenters. The third kappa shape index (κ3) is 2.86. The summed E-state index contributed by atoms with van der Waals surface area (Å²) in [6.45, 7) is 1.79. The molecule has 1 aliphatic heterocycles. The maximum Gasteiger partial charge on any atom is 0.242 e. The highest BCUT2D eigenvalue weighted by Gasteiger charge is 2.37. The summed E-state index contributed by atoms with van der Waals surface area (Å²) in [5.74, 6) is 0.0224. The summed E-state index contributed by atoms with van der Waals surface area (Å²) in [6, 6.07) is 4.02. The fourth-order valence-electron chi connectivity index (χ4n) is 2.04. The molecule has 2 N–H and O–H groups in total. The van der Waals surface area contributed by atoms with Crippen molar-refractivity contribution in [3.8, 4) is 0 Å². The Morgan fingerprint density at radius 2 is 2.29 bits per heavy atom. The molecule has 0 radical (unpaired) electrons. The van der Waals surface area contributed by atoms with Crippen molar-refractivity contribution in [1.29, 1.82) is 0 Å². The molecular formula is C12H18N2O2S. The average Bonchev–Trinajstić information content (AvgIpc) is 2.81. The second-order valence-corrected chi connectivity index (χ2v) is 5.54. The van der Waals surface area contributed by atoms with Crippen LogP contribution >= 0.6 is 11.3 Å². The fraction of sp³-hybridized carbons (Fsp3) is 0.583. The largest absolute Gasteiger partial charge is 0.381 e. The molecule has 1 aromatic heterocycles. The van der Waals surface area contributed by atoms with Gasteiger partial charge in [-0.2, -0.15) is 0 Å². The van der Waals surface area contributed by atoms with Gasteiger partial charge >= 0.3 is 0 Å². The van der Waals surface area contributed by atoms with E-state index in [1.807, 2.05) is 24.6 Å². The van der Waals surface area contributed by atoms with Crippen LogP contribution in [0.2, 0.25) is 0 Å². The maximum atomic E-state index is 12.3. The van der Waals surface area contributed by atoms with Gasteiger partial charge in [-0.1, -0.05) is 6.07 Å². The number of carbonyl (C=O) groups excluding carboxylic acids is 1. The molecule has 1 aliphatic rings. The first-order valence-electron chi connectivity index (χ1n) is 5.76. The van der Waals surface area contributed by atoms with E-state index in [0.717, 1.165) is 0 Å². The maximum absolute atomic E-state index is 12.3. The van der Waals surface area contributed by atoms with Gasteiger partial charge in [0.1, 0.15) is 0 Å². The van der Waals surface area contributed by atoms with Crippen molar-refractivity contribution >= 4 is 17.2 Å². The molecule has 0 bridgehead atoms. The van der Waals surface area contributed by atoms with Crippen molar-refractivity contribution in [2.24, 2.45) is 5.73 Å². The van der Waals surface area contributed by atoms with Crippen LogP contribution in [0.15, 0.2) is 17.5 Å². The quantitative estimate of drug-likeness (QED) is 0.882. The summed E-state index contributed by atoms with van der Waals surface area (Å²) >= 11 is 1.65. The van der Waals surface area contributed by atoms with E-state index in [2.05, 4.69) is 0 Å². The molecule has 5 heteroatoms. The van der Waals surface area contributed by atoms with Gasteiger partial charge in [0, 0.05) is 25.1 Å². The summed E-state index contributed by atoms with van der Waals surface area (Å²) in [5.41, 5.74) is 5.43. The molecule has 1 fully saturated rings. The minimum absolute atomic E-state index is 0.0224.